The van der Waals surface area contributed by atoms with Crippen molar-refractivity contribution < 1.29 is 23.5 Å². The van der Waals surface area contributed by atoms with Gasteiger partial charge in [0, 0.05) is 45.0 Å². The van der Waals surface area contributed by atoms with Crippen LogP contribution in [-0.4, -0.2) is 80.1 Å². The zero-order valence-electron chi connectivity index (χ0n) is 21.7. The zero-order chi connectivity index (χ0) is 26.1. The number of rotatable bonds is 6. The fourth-order valence-corrected chi connectivity index (χ4v) is 4.54. The van der Waals surface area contributed by atoms with Crippen LogP contribution in [0.4, 0.5) is 10.1 Å². The fraction of sp³-hybridized carbons (Fsp3) is 0.519. The average molecular weight is 501 g/mol. The Morgan fingerprint density at radius 1 is 1.06 bits per heavy atom. The lowest BCUT2D eigenvalue weighted by Gasteiger charge is -2.32. The van der Waals surface area contributed by atoms with Crippen LogP contribution in [0.1, 0.15) is 42.7 Å². The number of benzene rings is 1. The molecular formula is C27H37FN4O4. The molecule has 0 N–H and O–H groups in total. The Kier molecular flexibility index (Phi) is 10.2. The van der Waals surface area contributed by atoms with Gasteiger partial charge in [-0.15, -0.1) is 0 Å². The molecule has 0 saturated heterocycles. The van der Waals surface area contributed by atoms with E-state index in [1.165, 1.54) is 26.4 Å². The van der Waals surface area contributed by atoms with Crippen molar-refractivity contribution in [2.75, 3.05) is 58.5 Å². The molecule has 8 nitrogen and oxygen atoms in total. The fourth-order valence-electron chi connectivity index (χ4n) is 4.54. The topological polar surface area (TPSA) is 75.2 Å². The number of amides is 2. The van der Waals surface area contributed by atoms with Crippen LogP contribution in [-0.2, 0) is 16.1 Å². The summed E-state index contributed by atoms with van der Waals surface area (Å²) in [6.07, 6.45) is 1.54. The van der Waals surface area contributed by atoms with Crippen molar-refractivity contribution in [3.63, 3.8) is 0 Å². The van der Waals surface area contributed by atoms with Gasteiger partial charge < -0.3 is 24.2 Å². The Bertz CT molecular complexity index is 1030. The van der Waals surface area contributed by atoms with Crippen LogP contribution in [0.25, 0.3) is 0 Å². The summed E-state index contributed by atoms with van der Waals surface area (Å²) in [7, 11) is 2.98. The zero-order valence-corrected chi connectivity index (χ0v) is 21.7. The molecule has 9 heteroatoms. The Morgan fingerprint density at radius 3 is 2.50 bits per heavy atom. The van der Waals surface area contributed by atoms with E-state index in [-0.39, 0.29) is 30.7 Å². The van der Waals surface area contributed by atoms with E-state index in [0.29, 0.717) is 36.1 Å². The maximum atomic E-state index is 14.4. The highest BCUT2D eigenvalue weighted by Gasteiger charge is 2.25. The number of anilines is 1. The monoisotopic (exact) mass is 500 g/mol. The largest absolute Gasteiger partial charge is 0.481 e. The number of halogens is 1. The summed E-state index contributed by atoms with van der Waals surface area (Å²) in [5, 5.41) is 0. The van der Waals surface area contributed by atoms with Crippen molar-refractivity contribution in [3.05, 3.63) is 53.5 Å². The predicted octanol–water partition coefficient (Wildman–Crippen LogP) is 3.60. The van der Waals surface area contributed by atoms with Gasteiger partial charge in [0.1, 0.15) is 18.1 Å². The first kappa shape index (κ1) is 27.5. The third-order valence-electron chi connectivity index (χ3n) is 6.08. The van der Waals surface area contributed by atoms with Crippen molar-refractivity contribution in [3.8, 4) is 5.88 Å². The number of pyridine rings is 1. The van der Waals surface area contributed by atoms with E-state index in [2.05, 4.69) is 23.7 Å². The number of methoxy groups -OCH3 is 2. The molecule has 196 valence electrons. The van der Waals surface area contributed by atoms with Gasteiger partial charge in [0.25, 0.3) is 11.8 Å². The van der Waals surface area contributed by atoms with Gasteiger partial charge in [0.05, 0.1) is 7.11 Å². The summed E-state index contributed by atoms with van der Waals surface area (Å²) < 4.78 is 24.7. The minimum absolute atomic E-state index is 0.0805. The number of hydrogen-bond acceptors (Lipinski definition) is 6. The van der Waals surface area contributed by atoms with Crippen LogP contribution >= 0.6 is 0 Å². The van der Waals surface area contributed by atoms with Crippen molar-refractivity contribution in [1.29, 1.82) is 0 Å². The molecular weight excluding hydrogens is 463 g/mol. The first-order valence-electron chi connectivity index (χ1n) is 12.4. The van der Waals surface area contributed by atoms with E-state index in [9.17, 15) is 14.0 Å². The summed E-state index contributed by atoms with van der Waals surface area (Å²) in [4.78, 5) is 36.6. The standard InChI is InChI=1S/C27H37FN4O4/c1-20(2)17-30-12-6-14-31(27(34)23-8-5-9-25(29-23)36-4)18-21-16-22(28)10-11-24(21)32(15-7-13-30)26(33)19-35-3/h5,8-11,16,20H,6-7,12-15,17-19H2,1-4H3. The molecule has 1 aromatic carbocycles. The van der Waals surface area contributed by atoms with Crippen LogP contribution < -0.4 is 9.64 Å². The summed E-state index contributed by atoms with van der Waals surface area (Å²) in [5.41, 5.74) is 1.41. The third-order valence-corrected chi connectivity index (χ3v) is 6.08. The van der Waals surface area contributed by atoms with Gasteiger partial charge in [-0.3, -0.25) is 9.59 Å². The molecule has 0 radical (unpaired) electrons. The van der Waals surface area contributed by atoms with Crippen LogP contribution in [0, 0.1) is 11.7 Å². The first-order chi connectivity index (χ1) is 17.3. The van der Waals surface area contributed by atoms with Crippen molar-refractivity contribution in [2.45, 2.75) is 33.2 Å². The molecule has 0 bridgehead atoms. The van der Waals surface area contributed by atoms with Crippen LogP contribution in [0.15, 0.2) is 36.4 Å². The number of hydrogen-bond donors (Lipinski definition) is 0. The normalized spacial score (nSPS) is 15.7. The molecule has 36 heavy (non-hydrogen) atoms. The Hall–Kier alpha value is -3.04. The van der Waals surface area contributed by atoms with E-state index in [4.69, 9.17) is 9.47 Å². The SMILES string of the molecule is COCC(=O)N1CCCN(CC(C)C)CCCN(C(=O)c2cccc(OC)n2)Cc2cc(F)ccc21. The summed E-state index contributed by atoms with van der Waals surface area (Å²) in [6, 6.07) is 9.41. The highest BCUT2D eigenvalue weighted by atomic mass is 19.1. The van der Waals surface area contributed by atoms with Gasteiger partial charge in [-0.05, 0) is 61.7 Å². The Labute approximate surface area is 213 Å². The molecule has 0 unspecified atom stereocenters. The molecule has 0 atom stereocenters. The van der Waals surface area contributed by atoms with Gasteiger partial charge in [-0.1, -0.05) is 19.9 Å². The molecule has 1 aliphatic heterocycles. The van der Waals surface area contributed by atoms with E-state index < -0.39 is 5.82 Å². The van der Waals surface area contributed by atoms with Gasteiger partial charge in [0.2, 0.25) is 5.88 Å². The molecule has 1 aliphatic rings. The van der Waals surface area contributed by atoms with Crippen molar-refractivity contribution >= 4 is 17.5 Å². The number of carbonyl (C=O) groups excluding carboxylic acids is 2. The molecule has 0 fully saturated rings. The maximum Gasteiger partial charge on any atom is 0.272 e. The van der Waals surface area contributed by atoms with Crippen molar-refractivity contribution in [1.82, 2.24) is 14.8 Å². The second-order valence-electron chi connectivity index (χ2n) is 9.44. The van der Waals surface area contributed by atoms with Crippen LogP contribution in [0.5, 0.6) is 5.88 Å². The van der Waals surface area contributed by atoms with Gasteiger partial charge >= 0.3 is 0 Å². The minimum atomic E-state index is -0.421. The lowest BCUT2D eigenvalue weighted by molar-refractivity contribution is -0.122. The van der Waals surface area contributed by atoms with Gasteiger partial charge in [-0.25, -0.2) is 9.37 Å². The lowest BCUT2D eigenvalue weighted by Crippen LogP contribution is -2.40. The average Bonchev–Trinajstić information content (AvgIpc) is 2.85. The van der Waals surface area contributed by atoms with Gasteiger partial charge in [0.15, 0.2) is 0 Å². The maximum absolute atomic E-state index is 14.4. The predicted molar refractivity (Wildman–Crippen MR) is 137 cm³/mol. The number of ether oxygens (including phenoxy) is 2. The molecule has 0 saturated carbocycles. The molecule has 3 rings (SSSR count). The number of fused-ring (bicyclic) bond motifs is 1. The Balaban J connectivity index is 2.00. The second-order valence-corrected chi connectivity index (χ2v) is 9.44. The lowest BCUT2D eigenvalue weighted by atomic mass is 10.1. The highest BCUT2D eigenvalue weighted by Crippen LogP contribution is 2.26. The minimum Gasteiger partial charge on any atom is -0.481 e. The first-order valence-corrected chi connectivity index (χ1v) is 12.4. The summed E-state index contributed by atoms with van der Waals surface area (Å²) >= 11 is 0. The number of nitrogens with zero attached hydrogens (tertiary/aromatic N) is 4. The molecule has 2 aromatic rings. The smallest absolute Gasteiger partial charge is 0.272 e. The van der Waals surface area contributed by atoms with Gasteiger partial charge in [-0.2, -0.15) is 0 Å². The van der Waals surface area contributed by atoms with Crippen molar-refractivity contribution in [2.24, 2.45) is 5.92 Å². The number of carbonyl (C=O) groups is 2. The van der Waals surface area contributed by atoms with Crippen LogP contribution in [0.2, 0.25) is 0 Å². The Morgan fingerprint density at radius 2 is 1.81 bits per heavy atom. The van der Waals surface area contributed by atoms with E-state index in [1.807, 2.05) is 0 Å². The molecule has 0 spiro atoms. The highest BCUT2D eigenvalue weighted by molar-refractivity contribution is 5.95. The summed E-state index contributed by atoms with van der Waals surface area (Å²) in [6.45, 7) is 7.93. The van der Waals surface area contributed by atoms with E-state index >= 15 is 0 Å². The molecule has 0 aliphatic carbocycles. The summed E-state index contributed by atoms with van der Waals surface area (Å²) in [5.74, 6) is -0.0563. The second kappa shape index (κ2) is 13.3. The van der Waals surface area contributed by atoms with E-state index in [1.54, 1.807) is 34.1 Å². The third kappa shape index (κ3) is 7.48. The van der Waals surface area contributed by atoms with Crippen LogP contribution in [0.3, 0.4) is 0 Å². The number of aromatic nitrogens is 1. The quantitative estimate of drug-likeness (QED) is 0.603. The molecule has 2 heterocycles. The molecule has 1 aromatic heterocycles. The molecule has 2 amide bonds. The van der Waals surface area contributed by atoms with E-state index in [0.717, 1.165) is 32.5 Å².